The Balaban J connectivity index is 1.29. The van der Waals surface area contributed by atoms with Crippen LogP contribution in [0.5, 0.6) is 5.75 Å². The number of benzene rings is 3. The summed E-state index contributed by atoms with van der Waals surface area (Å²) in [6.07, 6.45) is 2.21. The second kappa shape index (κ2) is 12.1. The Bertz CT molecular complexity index is 1360. The maximum absolute atomic E-state index is 12.7. The number of furan rings is 1. The van der Waals surface area contributed by atoms with Crippen LogP contribution < -0.4 is 20.7 Å². The third-order valence-electron chi connectivity index (χ3n) is 5.04. The van der Waals surface area contributed by atoms with Gasteiger partial charge in [0.2, 0.25) is 0 Å². The molecule has 1 aromatic heterocycles. The molecule has 9 heteroatoms. The lowest BCUT2D eigenvalue weighted by Crippen LogP contribution is -2.34. The van der Waals surface area contributed by atoms with Gasteiger partial charge in [-0.2, -0.15) is 0 Å². The quantitative estimate of drug-likeness (QED) is 0.226. The molecule has 0 aliphatic heterocycles. The number of halogens is 1. The van der Waals surface area contributed by atoms with Crippen molar-refractivity contribution in [2.24, 2.45) is 0 Å². The van der Waals surface area contributed by atoms with Crippen molar-refractivity contribution in [2.45, 2.75) is 6.42 Å². The number of hydrogen-bond acceptors (Lipinski definition) is 5. The van der Waals surface area contributed by atoms with Gasteiger partial charge in [0, 0.05) is 23.4 Å². The normalized spacial score (nSPS) is 10.4. The van der Waals surface area contributed by atoms with Crippen LogP contribution in [0.1, 0.15) is 26.5 Å². The van der Waals surface area contributed by atoms with E-state index in [1.165, 1.54) is 11.8 Å². The van der Waals surface area contributed by atoms with Gasteiger partial charge >= 0.3 is 0 Å². The molecule has 0 fully saturated rings. The minimum atomic E-state index is -0.369. The van der Waals surface area contributed by atoms with Crippen LogP contribution >= 0.6 is 28.1 Å². The number of carbonyl (C=O) groups excluding carboxylic acids is 2. The second-order valence-corrected chi connectivity index (χ2v) is 8.91. The predicted molar refractivity (Wildman–Crippen MR) is 147 cm³/mol. The maximum atomic E-state index is 12.7. The van der Waals surface area contributed by atoms with Gasteiger partial charge in [0.1, 0.15) is 5.75 Å². The molecule has 0 saturated heterocycles. The molecule has 4 aromatic rings. The molecule has 3 N–H and O–H groups in total. The summed E-state index contributed by atoms with van der Waals surface area (Å²) in [4.78, 5) is 24.8. The van der Waals surface area contributed by atoms with Crippen LogP contribution in [0.3, 0.4) is 0 Å². The van der Waals surface area contributed by atoms with Crippen LogP contribution in [0.4, 0.5) is 11.4 Å². The summed E-state index contributed by atoms with van der Waals surface area (Å²) in [7, 11) is 0. The molecular formula is C27H22BrN3O4S. The molecule has 7 nitrogen and oxygen atoms in total. The molecule has 0 saturated carbocycles. The van der Waals surface area contributed by atoms with Crippen molar-refractivity contribution < 1.29 is 18.7 Å². The zero-order valence-corrected chi connectivity index (χ0v) is 21.4. The van der Waals surface area contributed by atoms with Crippen molar-refractivity contribution in [3.63, 3.8) is 0 Å². The van der Waals surface area contributed by atoms with Crippen molar-refractivity contribution >= 4 is 56.4 Å². The van der Waals surface area contributed by atoms with Crippen LogP contribution in [0.15, 0.2) is 100 Å². The average molecular weight is 564 g/mol. The molecule has 3 aromatic carbocycles. The van der Waals surface area contributed by atoms with E-state index in [1.807, 2.05) is 18.2 Å². The predicted octanol–water partition coefficient (Wildman–Crippen LogP) is 6.04. The van der Waals surface area contributed by atoms with Crippen LogP contribution in [0.2, 0.25) is 0 Å². The highest BCUT2D eigenvalue weighted by Gasteiger charge is 2.12. The minimum Gasteiger partial charge on any atom is -0.492 e. The molecule has 182 valence electrons. The SMILES string of the molecule is O=C(NC(=S)Nc1cccc(NC(=O)c2ccco2)c1)c1ccc(OCCc2ccccc2)c(Br)c1. The molecule has 1 heterocycles. The first-order valence-electron chi connectivity index (χ1n) is 11.0. The van der Waals surface area contributed by atoms with E-state index in [0.717, 1.165) is 6.42 Å². The van der Waals surface area contributed by atoms with Crippen LogP contribution in [0.25, 0.3) is 0 Å². The van der Waals surface area contributed by atoms with Gasteiger partial charge in [-0.1, -0.05) is 36.4 Å². The van der Waals surface area contributed by atoms with E-state index in [1.54, 1.807) is 54.6 Å². The Morgan fingerprint density at radius 3 is 2.36 bits per heavy atom. The summed E-state index contributed by atoms with van der Waals surface area (Å²) < 4.78 is 11.6. The summed E-state index contributed by atoms with van der Waals surface area (Å²) in [5.74, 6) is 0.115. The molecule has 0 aliphatic carbocycles. The zero-order valence-electron chi connectivity index (χ0n) is 19.0. The Hall–Kier alpha value is -3.95. The first kappa shape index (κ1) is 25.2. The molecule has 0 aliphatic rings. The number of anilines is 2. The minimum absolute atomic E-state index is 0.119. The van der Waals surface area contributed by atoms with Gasteiger partial charge in [-0.25, -0.2) is 0 Å². The molecule has 2 amide bonds. The van der Waals surface area contributed by atoms with Gasteiger partial charge in [0.05, 0.1) is 17.3 Å². The van der Waals surface area contributed by atoms with Crippen LogP contribution in [-0.4, -0.2) is 23.5 Å². The lowest BCUT2D eigenvalue weighted by atomic mass is 10.2. The van der Waals surface area contributed by atoms with Gasteiger partial charge in [-0.05, 0) is 82.2 Å². The summed E-state index contributed by atoms with van der Waals surface area (Å²) in [6, 6.07) is 25.3. The number of ether oxygens (including phenoxy) is 1. The van der Waals surface area contributed by atoms with Crippen molar-refractivity contribution in [3.05, 3.63) is 113 Å². The topological polar surface area (TPSA) is 92.6 Å². The van der Waals surface area contributed by atoms with Crippen molar-refractivity contribution in [2.75, 3.05) is 17.2 Å². The van der Waals surface area contributed by atoms with Gasteiger partial charge in [0.25, 0.3) is 11.8 Å². The van der Waals surface area contributed by atoms with E-state index in [2.05, 4.69) is 44.0 Å². The van der Waals surface area contributed by atoms with Gasteiger partial charge in [-0.3, -0.25) is 14.9 Å². The first-order chi connectivity index (χ1) is 17.5. The van der Waals surface area contributed by atoms with Gasteiger partial charge in [-0.15, -0.1) is 0 Å². The highest BCUT2D eigenvalue weighted by Crippen LogP contribution is 2.26. The van der Waals surface area contributed by atoms with E-state index in [4.69, 9.17) is 21.4 Å². The van der Waals surface area contributed by atoms with Crippen molar-refractivity contribution in [3.8, 4) is 5.75 Å². The van der Waals surface area contributed by atoms with E-state index >= 15 is 0 Å². The summed E-state index contributed by atoms with van der Waals surface area (Å²) in [5, 5.41) is 8.46. The first-order valence-corrected chi connectivity index (χ1v) is 12.2. The molecule has 36 heavy (non-hydrogen) atoms. The highest BCUT2D eigenvalue weighted by molar-refractivity contribution is 9.10. The number of carbonyl (C=O) groups is 2. The van der Waals surface area contributed by atoms with Crippen LogP contribution in [0, 0.1) is 0 Å². The Kier molecular flexibility index (Phi) is 8.48. The lowest BCUT2D eigenvalue weighted by Gasteiger charge is -2.12. The van der Waals surface area contributed by atoms with Gasteiger partial charge in [0.15, 0.2) is 10.9 Å². The Morgan fingerprint density at radius 2 is 1.64 bits per heavy atom. The second-order valence-electron chi connectivity index (χ2n) is 7.65. The number of nitrogens with one attached hydrogen (secondary N) is 3. The summed E-state index contributed by atoms with van der Waals surface area (Å²) in [5.41, 5.74) is 2.75. The molecule has 0 spiro atoms. The van der Waals surface area contributed by atoms with Gasteiger partial charge < -0.3 is 19.8 Å². The number of hydrogen-bond donors (Lipinski definition) is 3. The maximum Gasteiger partial charge on any atom is 0.291 e. The fourth-order valence-electron chi connectivity index (χ4n) is 3.30. The van der Waals surface area contributed by atoms with E-state index in [0.29, 0.717) is 33.8 Å². The Labute approximate surface area is 222 Å². The highest BCUT2D eigenvalue weighted by atomic mass is 79.9. The molecule has 0 atom stereocenters. The molecule has 0 bridgehead atoms. The standard InChI is InChI=1S/C27H22BrN3O4S/c28-22-16-19(11-12-23(22)35-15-13-18-6-2-1-3-7-18)25(32)31-27(36)30-21-9-4-8-20(17-21)29-26(33)24-10-5-14-34-24/h1-12,14,16-17H,13,15H2,(H,29,33)(H2,30,31,32,36). The average Bonchev–Trinajstić information content (AvgIpc) is 3.41. The number of rotatable bonds is 8. The number of amides is 2. The van der Waals surface area contributed by atoms with E-state index < -0.39 is 0 Å². The molecule has 0 unspecified atom stereocenters. The number of thiocarbonyl (C=S) groups is 1. The van der Waals surface area contributed by atoms with Crippen LogP contribution in [-0.2, 0) is 6.42 Å². The monoisotopic (exact) mass is 563 g/mol. The molecule has 0 radical (unpaired) electrons. The zero-order chi connectivity index (χ0) is 25.3. The molecule has 4 rings (SSSR count). The smallest absolute Gasteiger partial charge is 0.291 e. The van der Waals surface area contributed by atoms with Crippen molar-refractivity contribution in [1.82, 2.24) is 5.32 Å². The third-order valence-corrected chi connectivity index (χ3v) is 5.86. The largest absolute Gasteiger partial charge is 0.492 e. The fourth-order valence-corrected chi connectivity index (χ4v) is 4.00. The summed E-state index contributed by atoms with van der Waals surface area (Å²) in [6.45, 7) is 0.517. The van der Waals surface area contributed by atoms with E-state index in [-0.39, 0.29) is 22.7 Å². The lowest BCUT2D eigenvalue weighted by molar-refractivity contribution is 0.0975. The fraction of sp³-hybridized carbons (Fsp3) is 0.0741. The van der Waals surface area contributed by atoms with E-state index in [9.17, 15) is 9.59 Å². The summed E-state index contributed by atoms with van der Waals surface area (Å²) >= 11 is 8.76. The van der Waals surface area contributed by atoms with Crippen molar-refractivity contribution in [1.29, 1.82) is 0 Å². The Morgan fingerprint density at radius 1 is 0.861 bits per heavy atom. The third kappa shape index (κ3) is 7.03. The molecular weight excluding hydrogens is 542 g/mol.